The largest absolute Gasteiger partial charge is 0.493 e. The molecule has 1 saturated carbocycles. The summed E-state index contributed by atoms with van der Waals surface area (Å²) in [6.45, 7) is 3.44. The topological polar surface area (TPSA) is 59.0 Å². The maximum absolute atomic E-state index is 12.2. The third kappa shape index (κ3) is 6.09. The van der Waals surface area contributed by atoms with E-state index in [1.807, 2.05) is 18.2 Å². The van der Waals surface area contributed by atoms with Crippen molar-refractivity contribution in [3.63, 3.8) is 0 Å². The van der Waals surface area contributed by atoms with Crippen LogP contribution in [-0.4, -0.2) is 34.7 Å². The van der Waals surface area contributed by atoms with Crippen molar-refractivity contribution in [1.82, 2.24) is 4.90 Å². The Morgan fingerprint density at radius 3 is 2.46 bits per heavy atom. The van der Waals surface area contributed by atoms with Gasteiger partial charge in [-0.1, -0.05) is 67.2 Å². The first kappa shape index (κ1) is 28.4. The smallest absolute Gasteiger partial charge is 0.321 e. The van der Waals surface area contributed by atoms with Crippen LogP contribution in [0.25, 0.3) is 0 Å². The normalized spacial score (nSPS) is 21.8. The lowest BCUT2D eigenvalue weighted by Crippen LogP contribution is -2.49. The number of hydrogen-bond acceptors (Lipinski definition) is 4. The van der Waals surface area contributed by atoms with Gasteiger partial charge in [0.2, 0.25) is 0 Å². The van der Waals surface area contributed by atoms with E-state index >= 15 is 0 Å². The lowest BCUT2D eigenvalue weighted by atomic mass is 9.86. The molecular weight excluding hydrogens is 557 g/mol. The van der Waals surface area contributed by atoms with Gasteiger partial charge in [-0.25, -0.2) is 0 Å². The molecule has 3 atom stereocenters. The summed E-state index contributed by atoms with van der Waals surface area (Å²) in [7, 11) is 0. The number of carbonyl (C=O) groups is 1. The monoisotopic (exact) mass is 593 g/mol. The number of halogens is 2. The Kier molecular flexibility index (Phi) is 8.48. The first-order valence-electron chi connectivity index (χ1n) is 14.9. The number of nitrogens with zero attached hydrogens (tertiary/aromatic N) is 1. The Balaban J connectivity index is 1.18. The molecule has 2 heterocycles. The maximum atomic E-state index is 12.2. The van der Waals surface area contributed by atoms with Crippen molar-refractivity contribution in [2.45, 2.75) is 88.9 Å². The Morgan fingerprint density at radius 1 is 0.976 bits per heavy atom. The van der Waals surface area contributed by atoms with Crippen LogP contribution in [0.3, 0.4) is 0 Å². The van der Waals surface area contributed by atoms with E-state index in [4.69, 9.17) is 32.7 Å². The SMILES string of the molecule is CC[C@@H](Oc1ccc([C@@H]2CCOc3cc4c(cc3C2)CN(C2CCCC2)[C@H](C(=O)O)C4)cc1)c1ccc(Cl)c(Cl)c1. The van der Waals surface area contributed by atoms with Crippen molar-refractivity contribution in [1.29, 1.82) is 0 Å². The average Bonchev–Trinajstić information content (AvgIpc) is 3.44. The van der Waals surface area contributed by atoms with Crippen LogP contribution in [0.15, 0.2) is 54.6 Å². The number of fused-ring (bicyclic) bond motifs is 2. The molecule has 41 heavy (non-hydrogen) atoms. The number of ether oxygens (including phenoxy) is 2. The van der Waals surface area contributed by atoms with Crippen molar-refractivity contribution in [3.8, 4) is 11.5 Å². The third-order valence-electron chi connectivity index (χ3n) is 9.13. The van der Waals surface area contributed by atoms with Crippen molar-refractivity contribution >= 4 is 29.2 Å². The summed E-state index contributed by atoms with van der Waals surface area (Å²) in [5.41, 5.74) is 5.88. The van der Waals surface area contributed by atoms with E-state index in [0.717, 1.165) is 54.7 Å². The van der Waals surface area contributed by atoms with Crippen LogP contribution in [0.2, 0.25) is 10.0 Å². The number of carboxylic acid groups (broad SMARTS) is 1. The predicted molar refractivity (Wildman–Crippen MR) is 162 cm³/mol. The van der Waals surface area contributed by atoms with E-state index in [-0.39, 0.29) is 6.10 Å². The van der Waals surface area contributed by atoms with Crippen molar-refractivity contribution in [2.24, 2.45) is 0 Å². The molecular formula is C34H37Cl2NO4. The van der Waals surface area contributed by atoms with Gasteiger partial charge in [0.1, 0.15) is 23.6 Å². The van der Waals surface area contributed by atoms with Crippen LogP contribution < -0.4 is 9.47 Å². The van der Waals surface area contributed by atoms with Crippen molar-refractivity contribution in [3.05, 3.63) is 92.5 Å². The lowest BCUT2D eigenvalue weighted by molar-refractivity contribution is -0.145. The van der Waals surface area contributed by atoms with Crippen LogP contribution in [0, 0.1) is 0 Å². The fourth-order valence-electron chi connectivity index (χ4n) is 6.88. The predicted octanol–water partition coefficient (Wildman–Crippen LogP) is 8.39. The van der Waals surface area contributed by atoms with Crippen LogP contribution in [0.5, 0.6) is 11.5 Å². The number of carboxylic acids is 1. The van der Waals surface area contributed by atoms with E-state index in [0.29, 0.717) is 41.6 Å². The summed E-state index contributed by atoms with van der Waals surface area (Å²) < 4.78 is 12.6. The lowest BCUT2D eigenvalue weighted by Gasteiger charge is -2.39. The summed E-state index contributed by atoms with van der Waals surface area (Å²) in [6, 6.07) is 18.5. The van der Waals surface area contributed by atoms with Gasteiger partial charge < -0.3 is 14.6 Å². The molecule has 0 saturated heterocycles. The molecule has 3 aromatic carbocycles. The molecule has 0 aromatic heterocycles. The molecule has 5 nitrogen and oxygen atoms in total. The van der Waals surface area contributed by atoms with Gasteiger partial charge in [-0.05, 0) is 103 Å². The zero-order valence-corrected chi connectivity index (χ0v) is 25.0. The zero-order valence-electron chi connectivity index (χ0n) is 23.5. The minimum Gasteiger partial charge on any atom is -0.493 e. The molecule has 0 bridgehead atoms. The molecule has 0 amide bonds. The standard InChI is InChI=1S/C34H37Cl2NO4/c1-2-32(23-9-12-29(35)30(36)17-23)41-28-10-7-21(8-11-28)22-13-14-40-33-19-24-18-31(34(38)39)37(27-5-3-4-6-27)20-26(24)16-25(33)15-22/h7-12,16-17,19,22,27,31-32H,2-6,13-15,18,20H2,1H3,(H,38,39)/t22-,31+,32-/m1/s1. The van der Waals surface area contributed by atoms with Gasteiger partial charge in [-0.2, -0.15) is 0 Å². The molecule has 1 fully saturated rings. The quantitative estimate of drug-likeness (QED) is 0.298. The van der Waals surface area contributed by atoms with Gasteiger partial charge in [-0.15, -0.1) is 0 Å². The molecule has 6 rings (SSSR count). The van der Waals surface area contributed by atoms with Crippen LogP contribution in [0.1, 0.15) is 85.3 Å². The van der Waals surface area contributed by atoms with E-state index in [2.05, 4.69) is 48.2 Å². The number of hydrogen-bond donors (Lipinski definition) is 1. The summed E-state index contributed by atoms with van der Waals surface area (Å²) in [5, 5.41) is 11.1. The van der Waals surface area contributed by atoms with E-state index in [9.17, 15) is 9.90 Å². The van der Waals surface area contributed by atoms with Gasteiger partial charge in [-0.3, -0.25) is 9.69 Å². The summed E-state index contributed by atoms with van der Waals surface area (Å²) in [4.78, 5) is 14.4. The molecule has 0 spiro atoms. The highest BCUT2D eigenvalue weighted by atomic mass is 35.5. The fourth-order valence-corrected chi connectivity index (χ4v) is 7.18. The molecule has 1 N–H and O–H groups in total. The number of aliphatic carboxylic acids is 1. The summed E-state index contributed by atoms with van der Waals surface area (Å²) in [5.74, 6) is 1.36. The molecule has 216 valence electrons. The van der Waals surface area contributed by atoms with Crippen molar-refractivity contribution in [2.75, 3.05) is 6.61 Å². The third-order valence-corrected chi connectivity index (χ3v) is 9.87. The molecule has 2 aliphatic heterocycles. The van der Waals surface area contributed by atoms with E-state index in [1.165, 1.54) is 29.5 Å². The van der Waals surface area contributed by atoms with Crippen LogP contribution in [-0.2, 0) is 24.2 Å². The Labute approximate surface area is 252 Å². The molecule has 0 unspecified atom stereocenters. The van der Waals surface area contributed by atoms with Gasteiger partial charge in [0.05, 0.1) is 16.7 Å². The highest BCUT2D eigenvalue weighted by Crippen LogP contribution is 2.39. The van der Waals surface area contributed by atoms with E-state index < -0.39 is 12.0 Å². The van der Waals surface area contributed by atoms with Gasteiger partial charge in [0.15, 0.2) is 0 Å². The first-order valence-corrected chi connectivity index (χ1v) is 15.6. The van der Waals surface area contributed by atoms with Crippen LogP contribution in [0.4, 0.5) is 0 Å². The number of benzene rings is 3. The van der Waals surface area contributed by atoms with Crippen LogP contribution >= 0.6 is 23.2 Å². The van der Waals surface area contributed by atoms with Gasteiger partial charge >= 0.3 is 5.97 Å². The fraction of sp³-hybridized carbons (Fsp3) is 0.441. The molecule has 7 heteroatoms. The van der Waals surface area contributed by atoms with Gasteiger partial charge in [0.25, 0.3) is 0 Å². The molecule has 0 radical (unpaired) electrons. The Bertz CT molecular complexity index is 1400. The highest BCUT2D eigenvalue weighted by molar-refractivity contribution is 6.42. The molecule has 3 aliphatic rings. The Hall–Kier alpha value is -2.73. The minimum atomic E-state index is -0.715. The molecule has 1 aliphatic carbocycles. The second-order valence-electron chi connectivity index (χ2n) is 11.7. The summed E-state index contributed by atoms with van der Waals surface area (Å²) >= 11 is 12.3. The molecule has 3 aromatic rings. The zero-order chi connectivity index (χ0) is 28.5. The number of rotatable bonds is 7. The maximum Gasteiger partial charge on any atom is 0.321 e. The average molecular weight is 595 g/mol. The second kappa shape index (κ2) is 12.2. The summed E-state index contributed by atoms with van der Waals surface area (Å²) in [6.07, 6.45) is 7.65. The van der Waals surface area contributed by atoms with Crippen molar-refractivity contribution < 1.29 is 19.4 Å². The Morgan fingerprint density at radius 2 is 1.76 bits per heavy atom. The highest BCUT2D eigenvalue weighted by Gasteiger charge is 2.37. The first-order chi connectivity index (χ1) is 19.9. The van der Waals surface area contributed by atoms with Gasteiger partial charge in [0, 0.05) is 12.6 Å². The second-order valence-corrected chi connectivity index (χ2v) is 12.5. The minimum absolute atomic E-state index is 0.107. The van der Waals surface area contributed by atoms with E-state index in [1.54, 1.807) is 0 Å².